The second kappa shape index (κ2) is 5.84. The van der Waals surface area contributed by atoms with E-state index in [9.17, 15) is 9.59 Å². The number of fused-ring (bicyclic) bond motifs is 1. The molecular weight excluding hydrogens is 262 g/mol. The van der Waals surface area contributed by atoms with E-state index in [4.69, 9.17) is 0 Å². The molecular formula is C18H23NO2. The Balaban J connectivity index is 2.72. The molecule has 112 valence electrons. The molecule has 0 atom stereocenters. The van der Waals surface area contributed by atoms with Crippen molar-refractivity contribution in [2.45, 2.75) is 47.0 Å². The van der Waals surface area contributed by atoms with Crippen LogP contribution in [0.3, 0.4) is 0 Å². The molecule has 1 aromatic heterocycles. The summed E-state index contributed by atoms with van der Waals surface area (Å²) in [6, 6.07) is 5.59. The number of carbonyl (C=O) groups is 2. The summed E-state index contributed by atoms with van der Waals surface area (Å²) in [7, 11) is 0. The third-order valence-corrected chi connectivity index (χ3v) is 4.89. The summed E-state index contributed by atoms with van der Waals surface area (Å²) in [6.07, 6.45) is 5.12. The third kappa shape index (κ3) is 2.31. The number of aldehydes is 1. The van der Waals surface area contributed by atoms with Crippen LogP contribution in [0.15, 0.2) is 24.4 Å². The van der Waals surface area contributed by atoms with Gasteiger partial charge in [-0.25, -0.2) is 0 Å². The first-order chi connectivity index (χ1) is 10.0. The van der Waals surface area contributed by atoms with E-state index in [1.807, 2.05) is 25.3 Å². The van der Waals surface area contributed by atoms with Crippen LogP contribution in [0.4, 0.5) is 0 Å². The molecule has 0 bridgehead atoms. The van der Waals surface area contributed by atoms with Gasteiger partial charge >= 0.3 is 0 Å². The van der Waals surface area contributed by atoms with Crippen LogP contribution in [-0.2, 0) is 0 Å². The molecule has 0 radical (unpaired) electrons. The fraction of sp³-hybridized carbons (Fsp3) is 0.444. The van der Waals surface area contributed by atoms with Crippen molar-refractivity contribution in [1.29, 1.82) is 0 Å². The van der Waals surface area contributed by atoms with Crippen LogP contribution in [0.1, 0.15) is 60.7 Å². The SMILES string of the molecule is CCC(CC)(CC)C(=O)n1cc(C)c2cccc(C=O)c21. The van der Waals surface area contributed by atoms with Gasteiger partial charge in [-0.3, -0.25) is 14.2 Å². The minimum absolute atomic E-state index is 0.0994. The number of nitrogens with zero attached hydrogens (tertiary/aromatic N) is 1. The highest BCUT2D eigenvalue weighted by molar-refractivity contribution is 6.04. The largest absolute Gasteiger partial charge is 0.298 e. The first-order valence-corrected chi connectivity index (χ1v) is 7.65. The topological polar surface area (TPSA) is 39.1 Å². The monoisotopic (exact) mass is 285 g/mol. The van der Waals surface area contributed by atoms with Crippen molar-refractivity contribution in [3.63, 3.8) is 0 Å². The molecule has 0 spiro atoms. The van der Waals surface area contributed by atoms with Crippen molar-refractivity contribution < 1.29 is 9.59 Å². The molecule has 0 unspecified atom stereocenters. The van der Waals surface area contributed by atoms with Gasteiger partial charge < -0.3 is 0 Å². The molecule has 2 aromatic rings. The van der Waals surface area contributed by atoms with Crippen molar-refractivity contribution in [3.05, 3.63) is 35.5 Å². The van der Waals surface area contributed by atoms with Gasteiger partial charge in [0.1, 0.15) is 0 Å². The minimum atomic E-state index is -0.353. The molecule has 1 heterocycles. The van der Waals surface area contributed by atoms with Gasteiger partial charge in [0.25, 0.3) is 0 Å². The molecule has 3 nitrogen and oxygen atoms in total. The normalized spacial score (nSPS) is 11.8. The predicted octanol–water partition coefficient (Wildman–Crippen LogP) is 4.62. The Kier molecular flexibility index (Phi) is 4.31. The number of hydrogen-bond donors (Lipinski definition) is 0. The fourth-order valence-electron chi connectivity index (χ4n) is 3.19. The zero-order valence-corrected chi connectivity index (χ0v) is 13.3. The summed E-state index contributed by atoms with van der Waals surface area (Å²) in [5, 5.41) is 0.977. The Hall–Kier alpha value is -1.90. The standard InChI is InChI=1S/C18H23NO2/c1-5-18(6-2,7-3)17(21)19-11-13(4)15-10-8-9-14(12-20)16(15)19/h8-12H,5-7H2,1-4H3. The fourth-order valence-corrected chi connectivity index (χ4v) is 3.19. The maximum absolute atomic E-state index is 13.1. The lowest BCUT2D eigenvalue weighted by Crippen LogP contribution is -2.33. The Morgan fingerprint density at radius 3 is 2.33 bits per heavy atom. The summed E-state index contributed by atoms with van der Waals surface area (Å²) in [5.41, 5.74) is 1.99. The van der Waals surface area contributed by atoms with Crippen LogP contribution in [0.5, 0.6) is 0 Å². The quantitative estimate of drug-likeness (QED) is 0.752. The second-order valence-corrected chi connectivity index (χ2v) is 5.69. The highest BCUT2D eigenvalue weighted by Crippen LogP contribution is 2.35. The van der Waals surface area contributed by atoms with Gasteiger partial charge in [-0.05, 0) is 37.8 Å². The van der Waals surface area contributed by atoms with Gasteiger partial charge in [-0.1, -0.05) is 32.9 Å². The molecule has 1 aromatic carbocycles. The summed E-state index contributed by atoms with van der Waals surface area (Å²) < 4.78 is 1.70. The van der Waals surface area contributed by atoms with Gasteiger partial charge in [0.05, 0.1) is 5.52 Å². The lowest BCUT2D eigenvalue weighted by atomic mass is 9.79. The molecule has 0 amide bonds. The van der Waals surface area contributed by atoms with Crippen molar-refractivity contribution in [3.8, 4) is 0 Å². The maximum Gasteiger partial charge on any atom is 0.237 e. The third-order valence-electron chi connectivity index (χ3n) is 4.89. The summed E-state index contributed by atoms with van der Waals surface area (Å²) in [5.74, 6) is 0.0994. The van der Waals surface area contributed by atoms with Crippen LogP contribution in [0.25, 0.3) is 10.9 Å². The van der Waals surface area contributed by atoms with Crippen LogP contribution in [0.2, 0.25) is 0 Å². The molecule has 0 aliphatic heterocycles. The molecule has 2 rings (SSSR count). The van der Waals surface area contributed by atoms with E-state index in [-0.39, 0.29) is 11.3 Å². The van der Waals surface area contributed by atoms with E-state index in [0.717, 1.165) is 42.0 Å². The molecule has 21 heavy (non-hydrogen) atoms. The number of rotatable bonds is 5. The number of aromatic nitrogens is 1. The average molecular weight is 285 g/mol. The molecule has 3 heteroatoms. The van der Waals surface area contributed by atoms with E-state index in [1.165, 1.54) is 0 Å². The molecule has 0 saturated heterocycles. The number of carbonyl (C=O) groups excluding carboxylic acids is 2. The molecule has 0 saturated carbocycles. The van der Waals surface area contributed by atoms with Crippen molar-refractivity contribution in [2.24, 2.45) is 5.41 Å². The Labute approximate surface area is 126 Å². The number of aryl methyl sites for hydroxylation is 1. The number of para-hydroxylation sites is 1. The highest BCUT2D eigenvalue weighted by atomic mass is 16.2. The molecule has 0 aliphatic carbocycles. The van der Waals surface area contributed by atoms with Crippen molar-refractivity contribution >= 4 is 23.1 Å². The van der Waals surface area contributed by atoms with Gasteiger partial charge in [0.2, 0.25) is 5.91 Å². The van der Waals surface area contributed by atoms with Crippen LogP contribution in [-0.4, -0.2) is 16.8 Å². The van der Waals surface area contributed by atoms with E-state index in [0.29, 0.717) is 5.56 Å². The molecule has 0 N–H and O–H groups in total. The van der Waals surface area contributed by atoms with Gasteiger partial charge in [0.15, 0.2) is 6.29 Å². The van der Waals surface area contributed by atoms with Crippen LogP contribution >= 0.6 is 0 Å². The lowest BCUT2D eigenvalue weighted by Gasteiger charge is -2.29. The Morgan fingerprint density at radius 1 is 1.19 bits per heavy atom. The number of hydrogen-bond acceptors (Lipinski definition) is 2. The molecule has 0 fully saturated rings. The van der Waals surface area contributed by atoms with Gasteiger partial charge in [-0.2, -0.15) is 0 Å². The zero-order valence-electron chi connectivity index (χ0n) is 13.3. The Morgan fingerprint density at radius 2 is 1.81 bits per heavy atom. The Bertz CT molecular complexity index is 670. The van der Waals surface area contributed by atoms with Gasteiger partial charge in [-0.15, -0.1) is 0 Å². The first-order valence-electron chi connectivity index (χ1n) is 7.65. The van der Waals surface area contributed by atoms with E-state index in [2.05, 4.69) is 20.8 Å². The van der Waals surface area contributed by atoms with E-state index in [1.54, 1.807) is 10.6 Å². The minimum Gasteiger partial charge on any atom is -0.298 e. The summed E-state index contributed by atoms with van der Waals surface area (Å²) in [4.78, 5) is 24.4. The van der Waals surface area contributed by atoms with Crippen LogP contribution in [0, 0.1) is 12.3 Å². The number of benzene rings is 1. The predicted molar refractivity (Wildman–Crippen MR) is 86.0 cm³/mol. The molecule has 0 aliphatic rings. The first kappa shape index (κ1) is 15.5. The average Bonchev–Trinajstić information content (AvgIpc) is 2.86. The second-order valence-electron chi connectivity index (χ2n) is 5.69. The summed E-state index contributed by atoms with van der Waals surface area (Å²) in [6.45, 7) is 8.16. The highest BCUT2D eigenvalue weighted by Gasteiger charge is 2.35. The van der Waals surface area contributed by atoms with E-state index >= 15 is 0 Å². The van der Waals surface area contributed by atoms with E-state index < -0.39 is 0 Å². The van der Waals surface area contributed by atoms with Crippen molar-refractivity contribution in [2.75, 3.05) is 0 Å². The van der Waals surface area contributed by atoms with Crippen LogP contribution < -0.4 is 0 Å². The maximum atomic E-state index is 13.1. The summed E-state index contributed by atoms with van der Waals surface area (Å²) >= 11 is 0. The van der Waals surface area contributed by atoms with Gasteiger partial charge in [0, 0.05) is 22.6 Å². The van der Waals surface area contributed by atoms with Crippen molar-refractivity contribution in [1.82, 2.24) is 4.57 Å². The smallest absolute Gasteiger partial charge is 0.237 e. The zero-order chi connectivity index (χ0) is 15.6. The lowest BCUT2D eigenvalue weighted by molar-refractivity contribution is 0.0675.